The zero-order chi connectivity index (χ0) is 14.6. The van der Waals surface area contributed by atoms with Gasteiger partial charge in [-0.05, 0) is 31.0 Å². The Kier molecular flexibility index (Phi) is 4.68. The zero-order valence-electron chi connectivity index (χ0n) is 10.4. The van der Waals surface area contributed by atoms with Crippen LogP contribution >= 0.6 is 0 Å². The van der Waals surface area contributed by atoms with Gasteiger partial charge in [-0.1, -0.05) is 6.08 Å². The van der Waals surface area contributed by atoms with Crippen molar-refractivity contribution >= 4 is 16.0 Å². The van der Waals surface area contributed by atoms with Gasteiger partial charge in [-0.15, -0.1) is 6.58 Å². The van der Waals surface area contributed by atoms with Gasteiger partial charge in [0, 0.05) is 6.54 Å². The first-order valence-corrected chi connectivity index (χ1v) is 6.95. The molecule has 3 N–H and O–H groups in total. The van der Waals surface area contributed by atoms with E-state index in [-0.39, 0.29) is 17.0 Å². The summed E-state index contributed by atoms with van der Waals surface area (Å²) in [6, 6.07) is 2.06. The monoisotopic (exact) mass is 285 g/mol. The largest absolute Gasteiger partial charge is 0.507 e. The van der Waals surface area contributed by atoms with Crippen molar-refractivity contribution < 1.29 is 23.4 Å². The second-order valence-corrected chi connectivity index (χ2v) is 5.65. The summed E-state index contributed by atoms with van der Waals surface area (Å²) in [5, 5.41) is 18.3. The zero-order valence-corrected chi connectivity index (χ0v) is 11.2. The minimum Gasteiger partial charge on any atom is -0.507 e. The Morgan fingerprint density at radius 2 is 2.11 bits per heavy atom. The molecule has 0 unspecified atom stereocenters. The van der Waals surface area contributed by atoms with E-state index in [1.165, 1.54) is 6.92 Å². The molecule has 1 aromatic carbocycles. The number of aromatic carboxylic acids is 1. The minimum absolute atomic E-state index is 0.160. The van der Waals surface area contributed by atoms with Crippen LogP contribution in [0.4, 0.5) is 0 Å². The minimum atomic E-state index is -3.81. The summed E-state index contributed by atoms with van der Waals surface area (Å²) in [6.45, 7) is 5.13. The fourth-order valence-electron chi connectivity index (χ4n) is 1.51. The first-order chi connectivity index (χ1) is 8.79. The van der Waals surface area contributed by atoms with Gasteiger partial charge in [-0.3, -0.25) is 0 Å². The van der Waals surface area contributed by atoms with Crippen molar-refractivity contribution in [3.8, 4) is 5.75 Å². The van der Waals surface area contributed by atoms with E-state index in [1.54, 1.807) is 6.08 Å². The van der Waals surface area contributed by atoms with Crippen LogP contribution in [0.2, 0.25) is 0 Å². The number of phenols is 1. The molecular weight excluding hydrogens is 270 g/mol. The predicted octanol–water partition coefficient (Wildman–Crippen LogP) is 1.25. The molecule has 0 saturated carbocycles. The second kappa shape index (κ2) is 5.85. The van der Waals surface area contributed by atoms with Crippen LogP contribution in [0.3, 0.4) is 0 Å². The van der Waals surface area contributed by atoms with E-state index in [0.29, 0.717) is 6.42 Å². The van der Waals surface area contributed by atoms with Crippen LogP contribution < -0.4 is 4.72 Å². The Hall–Kier alpha value is -1.86. The second-order valence-electron chi connectivity index (χ2n) is 3.92. The Labute approximate surface area is 111 Å². The van der Waals surface area contributed by atoms with Crippen LogP contribution in [0.1, 0.15) is 22.3 Å². The lowest BCUT2D eigenvalue weighted by Gasteiger charge is -2.10. The lowest BCUT2D eigenvalue weighted by Crippen LogP contribution is -2.25. The van der Waals surface area contributed by atoms with Gasteiger partial charge in [-0.25, -0.2) is 17.9 Å². The molecule has 0 radical (unpaired) electrons. The molecule has 0 fully saturated rings. The number of aromatic hydroxyl groups is 1. The summed E-state index contributed by atoms with van der Waals surface area (Å²) < 4.78 is 26.3. The van der Waals surface area contributed by atoms with Gasteiger partial charge in [0.2, 0.25) is 10.0 Å². The summed E-state index contributed by atoms with van der Waals surface area (Å²) in [5.41, 5.74) is -0.178. The summed E-state index contributed by atoms with van der Waals surface area (Å²) in [6.07, 6.45) is 2.02. The molecular formula is C12H15NO5S. The van der Waals surface area contributed by atoms with Crippen LogP contribution in [-0.2, 0) is 10.0 Å². The van der Waals surface area contributed by atoms with Gasteiger partial charge in [0.15, 0.2) is 0 Å². The molecule has 0 amide bonds. The lowest BCUT2D eigenvalue weighted by atomic mass is 10.1. The highest BCUT2D eigenvalue weighted by Gasteiger charge is 2.21. The third-order valence-electron chi connectivity index (χ3n) is 2.45. The molecule has 19 heavy (non-hydrogen) atoms. The summed E-state index contributed by atoms with van der Waals surface area (Å²) >= 11 is 0. The lowest BCUT2D eigenvalue weighted by molar-refractivity contribution is 0.0693. The van der Waals surface area contributed by atoms with Crippen LogP contribution in [0.5, 0.6) is 5.75 Å². The molecule has 0 spiro atoms. The molecule has 0 heterocycles. The van der Waals surface area contributed by atoms with Crippen LogP contribution in [0, 0.1) is 6.92 Å². The molecule has 0 aliphatic rings. The molecule has 0 aromatic heterocycles. The van der Waals surface area contributed by atoms with E-state index in [0.717, 1.165) is 12.1 Å². The molecule has 0 aliphatic carbocycles. The molecule has 0 aliphatic heterocycles. The smallest absolute Gasteiger partial charge is 0.339 e. The highest BCUT2D eigenvalue weighted by Crippen LogP contribution is 2.25. The molecule has 0 saturated heterocycles. The van der Waals surface area contributed by atoms with Crippen molar-refractivity contribution in [3.05, 3.63) is 35.9 Å². The maximum atomic E-state index is 12.0. The van der Waals surface area contributed by atoms with Crippen molar-refractivity contribution in [2.75, 3.05) is 6.54 Å². The molecule has 104 valence electrons. The van der Waals surface area contributed by atoms with E-state index < -0.39 is 27.3 Å². The maximum absolute atomic E-state index is 12.0. The van der Waals surface area contributed by atoms with Crippen molar-refractivity contribution in [1.82, 2.24) is 4.72 Å². The molecule has 1 aromatic rings. The molecule has 0 bridgehead atoms. The normalized spacial score (nSPS) is 11.2. The summed E-state index contributed by atoms with van der Waals surface area (Å²) in [5.74, 6) is -1.85. The Morgan fingerprint density at radius 3 is 2.63 bits per heavy atom. The van der Waals surface area contributed by atoms with E-state index in [1.807, 2.05) is 0 Å². The topological polar surface area (TPSA) is 104 Å². The van der Waals surface area contributed by atoms with Gasteiger partial charge in [0.05, 0.1) is 4.90 Å². The average molecular weight is 285 g/mol. The van der Waals surface area contributed by atoms with Gasteiger partial charge in [-0.2, -0.15) is 0 Å². The van der Waals surface area contributed by atoms with Gasteiger partial charge in [0.1, 0.15) is 11.3 Å². The number of carboxylic acid groups (broad SMARTS) is 1. The van der Waals surface area contributed by atoms with Crippen molar-refractivity contribution in [2.45, 2.75) is 18.2 Å². The third kappa shape index (κ3) is 3.55. The number of hydrogen-bond acceptors (Lipinski definition) is 4. The van der Waals surface area contributed by atoms with Crippen molar-refractivity contribution in [3.63, 3.8) is 0 Å². The summed E-state index contributed by atoms with van der Waals surface area (Å²) in [4.78, 5) is 10.7. The Morgan fingerprint density at radius 1 is 1.47 bits per heavy atom. The van der Waals surface area contributed by atoms with Crippen molar-refractivity contribution in [2.24, 2.45) is 0 Å². The number of carboxylic acids is 1. The van der Waals surface area contributed by atoms with Crippen LogP contribution in [0.15, 0.2) is 29.7 Å². The first kappa shape index (κ1) is 15.2. The maximum Gasteiger partial charge on any atom is 0.339 e. The third-order valence-corrected chi connectivity index (χ3v) is 4.06. The van der Waals surface area contributed by atoms with E-state index in [4.69, 9.17) is 5.11 Å². The Balaban J connectivity index is 3.22. The van der Waals surface area contributed by atoms with E-state index >= 15 is 0 Å². The predicted molar refractivity (Wildman–Crippen MR) is 69.8 cm³/mol. The van der Waals surface area contributed by atoms with Crippen LogP contribution in [-0.4, -0.2) is 31.1 Å². The number of rotatable bonds is 6. The summed E-state index contributed by atoms with van der Waals surface area (Å²) in [7, 11) is -3.81. The number of benzene rings is 1. The fraction of sp³-hybridized carbons (Fsp3) is 0.250. The molecule has 0 atom stereocenters. The highest BCUT2D eigenvalue weighted by molar-refractivity contribution is 7.89. The standard InChI is InChI=1S/C12H15NO5S/c1-3-4-5-13-19(17,18)11-7-9(12(15)16)10(14)6-8(11)2/h3,6-7,13-14H,1,4-5H2,2H3,(H,15,16). The quantitative estimate of drug-likeness (QED) is 0.539. The van der Waals surface area contributed by atoms with Gasteiger partial charge < -0.3 is 10.2 Å². The van der Waals surface area contributed by atoms with E-state index in [2.05, 4.69) is 11.3 Å². The van der Waals surface area contributed by atoms with Crippen molar-refractivity contribution in [1.29, 1.82) is 0 Å². The molecule has 6 nitrogen and oxygen atoms in total. The number of carbonyl (C=O) groups is 1. The van der Waals surface area contributed by atoms with Crippen LogP contribution in [0.25, 0.3) is 0 Å². The fourth-order valence-corrected chi connectivity index (χ4v) is 2.80. The average Bonchev–Trinajstić information content (AvgIpc) is 2.28. The number of nitrogens with one attached hydrogen (secondary N) is 1. The first-order valence-electron chi connectivity index (χ1n) is 5.47. The van der Waals surface area contributed by atoms with E-state index in [9.17, 15) is 18.3 Å². The van der Waals surface area contributed by atoms with Gasteiger partial charge >= 0.3 is 5.97 Å². The number of aryl methyl sites for hydroxylation is 1. The number of hydrogen-bond donors (Lipinski definition) is 3. The number of sulfonamides is 1. The Bertz CT molecular complexity index is 607. The van der Waals surface area contributed by atoms with Gasteiger partial charge in [0.25, 0.3) is 0 Å². The molecule has 1 rings (SSSR count). The SMILES string of the molecule is C=CCCNS(=O)(=O)c1cc(C(=O)O)c(O)cc1C. The molecule has 7 heteroatoms. The highest BCUT2D eigenvalue weighted by atomic mass is 32.2.